The highest BCUT2D eigenvalue weighted by Crippen LogP contribution is 2.36. The lowest BCUT2D eigenvalue weighted by Gasteiger charge is -2.40. The van der Waals surface area contributed by atoms with E-state index in [1.807, 2.05) is 6.08 Å². The largest absolute Gasteiger partial charge is 0.394 e. The Morgan fingerprint density at radius 1 is 1.13 bits per heavy atom. The predicted molar refractivity (Wildman–Crippen MR) is 116 cm³/mol. The van der Waals surface area contributed by atoms with Gasteiger partial charge in [0.05, 0.1) is 24.9 Å². The van der Waals surface area contributed by atoms with Gasteiger partial charge in [0.1, 0.15) is 11.9 Å². The molecule has 0 saturated carbocycles. The van der Waals surface area contributed by atoms with E-state index in [1.54, 1.807) is 23.5 Å². The highest BCUT2D eigenvalue weighted by Gasteiger charge is 2.40. The molecule has 0 radical (unpaired) electrons. The number of thiophene rings is 1. The lowest BCUT2D eigenvalue weighted by molar-refractivity contribution is -0.188. The first-order valence-corrected chi connectivity index (χ1v) is 11.1. The molecular formula is C24H27FO4S. The second-order valence-electron chi connectivity index (χ2n) is 8.16. The van der Waals surface area contributed by atoms with E-state index >= 15 is 0 Å². The van der Waals surface area contributed by atoms with Crippen molar-refractivity contribution in [3.63, 3.8) is 0 Å². The van der Waals surface area contributed by atoms with E-state index in [1.165, 1.54) is 28.2 Å². The topological polar surface area (TPSA) is 69.9 Å². The van der Waals surface area contributed by atoms with Crippen molar-refractivity contribution in [1.82, 2.24) is 0 Å². The maximum Gasteiger partial charge on any atom is 0.123 e. The minimum absolute atomic E-state index is 0.0563. The second-order valence-corrected chi connectivity index (χ2v) is 9.33. The van der Waals surface area contributed by atoms with E-state index in [9.17, 15) is 19.7 Å². The third-order valence-electron chi connectivity index (χ3n) is 6.02. The lowest BCUT2D eigenvalue weighted by Crippen LogP contribution is -2.52. The van der Waals surface area contributed by atoms with Crippen LogP contribution in [-0.4, -0.2) is 46.3 Å². The highest BCUT2D eigenvalue weighted by molar-refractivity contribution is 7.15. The van der Waals surface area contributed by atoms with Crippen LogP contribution in [0.2, 0.25) is 0 Å². The van der Waals surface area contributed by atoms with Gasteiger partial charge in [0.25, 0.3) is 0 Å². The fourth-order valence-corrected chi connectivity index (χ4v) is 5.30. The van der Waals surface area contributed by atoms with Gasteiger partial charge in [-0.2, -0.15) is 0 Å². The van der Waals surface area contributed by atoms with Crippen LogP contribution in [-0.2, 0) is 11.2 Å². The fraction of sp³-hybridized carbons (Fsp3) is 0.417. The van der Waals surface area contributed by atoms with Crippen molar-refractivity contribution in [2.24, 2.45) is 5.92 Å². The normalized spacial score (nSPS) is 29.4. The molecule has 30 heavy (non-hydrogen) atoms. The van der Waals surface area contributed by atoms with Crippen molar-refractivity contribution in [2.75, 3.05) is 6.61 Å². The summed E-state index contributed by atoms with van der Waals surface area (Å²) in [5, 5.41) is 30.1. The summed E-state index contributed by atoms with van der Waals surface area (Å²) in [6.07, 6.45) is 3.03. The van der Waals surface area contributed by atoms with Crippen LogP contribution in [0.25, 0.3) is 10.4 Å². The summed E-state index contributed by atoms with van der Waals surface area (Å²) in [5.41, 5.74) is 3.47. The van der Waals surface area contributed by atoms with Crippen LogP contribution in [0.1, 0.15) is 24.6 Å². The monoisotopic (exact) mass is 430 g/mol. The Hall–Kier alpha value is -1.83. The summed E-state index contributed by atoms with van der Waals surface area (Å²) >= 11 is 1.69. The van der Waals surface area contributed by atoms with Crippen molar-refractivity contribution in [3.8, 4) is 10.4 Å². The number of ether oxygens (including phenoxy) is 1. The average molecular weight is 431 g/mol. The van der Waals surface area contributed by atoms with E-state index < -0.39 is 24.4 Å². The standard InChI is InChI=1S/C24H27FO4S/c1-14-2-3-16(24-23(28)21(27)12-19(13-26)29-24)10-17(14)11-20-8-9-22(30-20)15-4-6-18(25)7-5-15/h2-9,16,19,21,23-24,26-28H,10-13H2,1H3. The molecule has 0 amide bonds. The molecule has 3 N–H and O–H groups in total. The Bertz CT molecular complexity index is 933. The van der Waals surface area contributed by atoms with Crippen LogP contribution < -0.4 is 0 Å². The minimum atomic E-state index is -0.964. The molecule has 160 valence electrons. The van der Waals surface area contributed by atoms with Gasteiger partial charge in [0, 0.05) is 28.5 Å². The van der Waals surface area contributed by atoms with Crippen LogP contribution in [0, 0.1) is 11.7 Å². The van der Waals surface area contributed by atoms with E-state index in [2.05, 4.69) is 25.1 Å². The predicted octanol–water partition coefficient (Wildman–Crippen LogP) is 3.86. The van der Waals surface area contributed by atoms with Crippen LogP contribution in [0.15, 0.2) is 59.7 Å². The Kier molecular flexibility index (Phi) is 6.51. The molecule has 5 unspecified atom stereocenters. The SMILES string of the molecule is CC1=C(Cc2ccc(-c3ccc(F)cc3)s2)CC(C2OC(CO)CC(O)C2O)C=C1. The Labute approximate surface area is 180 Å². The molecule has 1 aliphatic heterocycles. The number of halogens is 1. The molecular weight excluding hydrogens is 403 g/mol. The second kappa shape index (κ2) is 9.12. The van der Waals surface area contributed by atoms with E-state index in [0.29, 0.717) is 0 Å². The van der Waals surface area contributed by atoms with Crippen molar-refractivity contribution >= 4 is 11.3 Å². The van der Waals surface area contributed by atoms with Crippen LogP contribution in [0.4, 0.5) is 4.39 Å². The number of aliphatic hydroxyl groups is 3. The molecule has 5 atom stereocenters. The minimum Gasteiger partial charge on any atom is -0.394 e. The summed E-state index contributed by atoms with van der Waals surface area (Å²) in [6.45, 7) is 1.92. The molecule has 1 aromatic heterocycles. The van der Waals surface area contributed by atoms with E-state index in [-0.39, 0.29) is 24.8 Å². The first-order valence-electron chi connectivity index (χ1n) is 10.3. The Morgan fingerprint density at radius 2 is 1.90 bits per heavy atom. The van der Waals surface area contributed by atoms with Crippen molar-refractivity contribution in [3.05, 3.63) is 70.4 Å². The van der Waals surface area contributed by atoms with Crippen molar-refractivity contribution in [2.45, 2.75) is 50.6 Å². The van der Waals surface area contributed by atoms with Gasteiger partial charge in [-0.3, -0.25) is 0 Å². The third kappa shape index (κ3) is 4.58. The number of hydrogen-bond acceptors (Lipinski definition) is 5. The van der Waals surface area contributed by atoms with Crippen LogP contribution in [0.3, 0.4) is 0 Å². The number of rotatable bonds is 5. The van der Waals surface area contributed by atoms with Gasteiger partial charge >= 0.3 is 0 Å². The molecule has 1 saturated heterocycles. The molecule has 2 heterocycles. The first kappa shape index (κ1) is 21.4. The van der Waals surface area contributed by atoms with Gasteiger partial charge in [0.15, 0.2) is 0 Å². The first-order chi connectivity index (χ1) is 14.4. The van der Waals surface area contributed by atoms with E-state index in [4.69, 9.17) is 4.74 Å². The zero-order valence-corrected chi connectivity index (χ0v) is 17.7. The quantitative estimate of drug-likeness (QED) is 0.674. The zero-order valence-electron chi connectivity index (χ0n) is 16.9. The van der Waals surface area contributed by atoms with Gasteiger partial charge < -0.3 is 20.1 Å². The molecule has 4 nitrogen and oxygen atoms in total. The Balaban J connectivity index is 1.47. The molecule has 1 fully saturated rings. The van der Waals surface area contributed by atoms with E-state index in [0.717, 1.165) is 23.3 Å². The number of allylic oxidation sites excluding steroid dienone is 3. The molecule has 2 aliphatic rings. The molecule has 0 spiro atoms. The molecule has 1 aliphatic carbocycles. The maximum absolute atomic E-state index is 13.2. The van der Waals surface area contributed by atoms with Gasteiger partial charge in [-0.05, 0) is 43.2 Å². The molecule has 6 heteroatoms. The van der Waals surface area contributed by atoms with Gasteiger partial charge in [-0.25, -0.2) is 4.39 Å². The smallest absolute Gasteiger partial charge is 0.123 e. The number of benzene rings is 1. The summed E-state index contributed by atoms with van der Waals surface area (Å²) in [4.78, 5) is 2.32. The van der Waals surface area contributed by atoms with Gasteiger partial charge in [-0.15, -0.1) is 11.3 Å². The summed E-state index contributed by atoms with van der Waals surface area (Å²) in [6, 6.07) is 10.7. The summed E-state index contributed by atoms with van der Waals surface area (Å²) in [5.74, 6) is -0.295. The lowest BCUT2D eigenvalue weighted by atomic mass is 9.80. The molecule has 1 aromatic carbocycles. The summed E-state index contributed by atoms with van der Waals surface area (Å²) < 4.78 is 19.1. The number of hydrogen-bond donors (Lipinski definition) is 3. The third-order valence-corrected chi connectivity index (χ3v) is 7.16. The molecule has 0 bridgehead atoms. The van der Waals surface area contributed by atoms with Gasteiger partial charge in [0.2, 0.25) is 0 Å². The molecule has 2 aromatic rings. The highest BCUT2D eigenvalue weighted by atomic mass is 32.1. The average Bonchev–Trinajstić information content (AvgIpc) is 3.20. The van der Waals surface area contributed by atoms with Crippen LogP contribution in [0.5, 0.6) is 0 Å². The van der Waals surface area contributed by atoms with Crippen molar-refractivity contribution in [1.29, 1.82) is 0 Å². The summed E-state index contributed by atoms with van der Waals surface area (Å²) in [7, 11) is 0. The maximum atomic E-state index is 13.2. The molecule has 4 rings (SSSR count). The fourth-order valence-electron chi connectivity index (χ4n) is 4.25. The van der Waals surface area contributed by atoms with Crippen molar-refractivity contribution < 1.29 is 24.4 Å². The van der Waals surface area contributed by atoms with Crippen LogP contribution >= 0.6 is 11.3 Å². The van der Waals surface area contributed by atoms with Gasteiger partial charge in [-0.1, -0.05) is 35.4 Å². The Morgan fingerprint density at radius 3 is 2.63 bits per heavy atom. The zero-order chi connectivity index (χ0) is 21.3. The number of aliphatic hydroxyl groups excluding tert-OH is 3.